The number of nitrogens with zero attached hydrogens (tertiary/aromatic N) is 3. The molecule has 1 saturated heterocycles. The number of para-hydroxylation sites is 2. The average Bonchev–Trinajstić information content (AvgIpc) is 3.47. The van der Waals surface area contributed by atoms with Crippen LogP contribution in [0.2, 0.25) is 0 Å². The highest BCUT2D eigenvalue weighted by Gasteiger charge is 2.34. The molecule has 0 bridgehead atoms. The number of alkyl halides is 2. The second-order valence-corrected chi connectivity index (χ2v) is 10.7. The van der Waals surface area contributed by atoms with Gasteiger partial charge < -0.3 is 10.1 Å². The predicted molar refractivity (Wildman–Crippen MR) is 118 cm³/mol. The number of carbonyl (C=O) groups is 1. The van der Waals surface area contributed by atoms with Gasteiger partial charge in [-0.15, -0.1) is 0 Å². The number of ether oxygens (including phenoxy) is 1. The van der Waals surface area contributed by atoms with Crippen LogP contribution in [0.3, 0.4) is 0 Å². The normalized spacial score (nSPS) is 19.8. The van der Waals surface area contributed by atoms with E-state index in [0.29, 0.717) is 28.7 Å². The minimum absolute atomic E-state index is 0.0154. The highest BCUT2D eigenvalue weighted by Crippen LogP contribution is 2.41. The zero-order valence-corrected chi connectivity index (χ0v) is 18.6. The van der Waals surface area contributed by atoms with Crippen LogP contribution in [0.25, 0.3) is 11.0 Å². The topological polar surface area (TPSA) is 103 Å². The van der Waals surface area contributed by atoms with Crippen LogP contribution < -0.4 is 10.1 Å². The maximum Gasteiger partial charge on any atom is 0.387 e. The van der Waals surface area contributed by atoms with Gasteiger partial charge in [0, 0.05) is 11.6 Å². The summed E-state index contributed by atoms with van der Waals surface area (Å²) >= 11 is 0. The van der Waals surface area contributed by atoms with E-state index < -0.39 is 22.4 Å². The van der Waals surface area contributed by atoms with Crippen LogP contribution in [0.15, 0.2) is 30.3 Å². The van der Waals surface area contributed by atoms with E-state index in [1.807, 2.05) is 0 Å². The van der Waals surface area contributed by atoms with E-state index in [2.05, 4.69) is 15.2 Å². The summed E-state index contributed by atoms with van der Waals surface area (Å²) in [5, 5.41) is 7.74. The minimum atomic E-state index is -3.14. The summed E-state index contributed by atoms with van der Waals surface area (Å²) < 4.78 is 55.8. The van der Waals surface area contributed by atoms with Crippen molar-refractivity contribution in [2.45, 2.75) is 44.8 Å². The molecule has 2 aromatic heterocycles. The van der Waals surface area contributed by atoms with Crippen LogP contribution in [-0.4, -0.2) is 47.2 Å². The molecule has 2 aliphatic rings. The first-order chi connectivity index (χ1) is 15.7. The number of halogens is 2. The summed E-state index contributed by atoms with van der Waals surface area (Å²) in [6.07, 6.45) is 2.35. The highest BCUT2D eigenvalue weighted by atomic mass is 32.2. The number of benzene rings is 1. The van der Waals surface area contributed by atoms with E-state index in [9.17, 15) is 22.0 Å². The van der Waals surface area contributed by atoms with Crippen molar-refractivity contribution in [3.8, 4) is 5.75 Å². The lowest BCUT2D eigenvalue weighted by Gasteiger charge is -2.14. The largest absolute Gasteiger partial charge is 0.433 e. The molecule has 0 spiro atoms. The zero-order chi connectivity index (χ0) is 23.3. The van der Waals surface area contributed by atoms with Gasteiger partial charge in [0.2, 0.25) is 0 Å². The van der Waals surface area contributed by atoms with Crippen molar-refractivity contribution in [2.24, 2.45) is 0 Å². The molecule has 11 heteroatoms. The molecule has 33 heavy (non-hydrogen) atoms. The lowest BCUT2D eigenvalue weighted by atomic mass is 10.1. The van der Waals surface area contributed by atoms with Gasteiger partial charge in [-0.2, -0.15) is 13.9 Å². The van der Waals surface area contributed by atoms with Crippen molar-refractivity contribution < 1.29 is 26.7 Å². The SMILES string of the molecule is Cc1nn([C@H]2CCS(=O)(=O)C2)c2nc(C3CC3)cc(C(=O)Nc3ccccc3OC(F)F)c12. The lowest BCUT2D eigenvalue weighted by Crippen LogP contribution is -2.16. The molecule has 1 amide bonds. The number of pyridine rings is 1. The molecule has 3 heterocycles. The van der Waals surface area contributed by atoms with Gasteiger partial charge in [-0.25, -0.2) is 18.1 Å². The molecular weight excluding hydrogens is 454 g/mol. The summed E-state index contributed by atoms with van der Waals surface area (Å²) in [6.45, 7) is -1.29. The fourth-order valence-electron chi connectivity index (χ4n) is 4.28. The molecule has 1 aliphatic heterocycles. The van der Waals surface area contributed by atoms with Crippen molar-refractivity contribution in [3.63, 3.8) is 0 Å². The molecule has 1 saturated carbocycles. The van der Waals surface area contributed by atoms with Crippen LogP contribution in [0.1, 0.15) is 53.0 Å². The van der Waals surface area contributed by atoms with Crippen LogP contribution >= 0.6 is 0 Å². The lowest BCUT2D eigenvalue weighted by molar-refractivity contribution is -0.0493. The average molecular weight is 477 g/mol. The van der Waals surface area contributed by atoms with Gasteiger partial charge in [0.25, 0.3) is 5.91 Å². The number of sulfone groups is 1. The van der Waals surface area contributed by atoms with E-state index in [4.69, 9.17) is 4.98 Å². The number of hydrogen-bond acceptors (Lipinski definition) is 6. The molecule has 5 rings (SSSR count). The number of nitrogens with one attached hydrogen (secondary N) is 1. The molecule has 1 atom stereocenters. The van der Waals surface area contributed by atoms with E-state index in [0.717, 1.165) is 18.5 Å². The van der Waals surface area contributed by atoms with Crippen LogP contribution in [0, 0.1) is 6.92 Å². The highest BCUT2D eigenvalue weighted by molar-refractivity contribution is 7.91. The van der Waals surface area contributed by atoms with E-state index in [-0.39, 0.29) is 34.9 Å². The third kappa shape index (κ3) is 4.29. The second-order valence-electron chi connectivity index (χ2n) is 8.48. The minimum Gasteiger partial charge on any atom is -0.433 e. The Hall–Kier alpha value is -3.08. The number of rotatable bonds is 6. The third-order valence-electron chi connectivity index (χ3n) is 6.00. The molecule has 1 aromatic carbocycles. The molecule has 0 radical (unpaired) electrons. The summed E-state index contributed by atoms with van der Waals surface area (Å²) in [7, 11) is -3.14. The Morgan fingerprint density at radius 1 is 1.24 bits per heavy atom. The Labute approximate surface area is 188 Å². The molecule has 3 aromatic rings. The van der Waals surface area contributed by atoms with Crippen molar-refractivity contribution >= 4 is 32.5 Å². The zero-order valence-electron chi connectivity index (χ0n) is 17.8. The first-order valence-corrected chi connectivity index (χ1v) is 12.5. The first kappa shape index (κ1) is 21.7. The number of aromatic nitrogens is 3. The maximum atomic E-state index is 13.3. The quantitative estimate of drug-likeness (QED) is 0.580. The third-order valence-corrected chi connectivity index (χ3v) is 7.75. The molecule has 174 valence electrons. The fraction of sp³-hybridized carbons (Fsp3) is 0.409. The van der Waals surface area contributed by atoms with E-state index >= 15 is 0 Å². The standard InChI is InChI=1S/C22H22F2N4O4S/c1-12-19-15(21(29)26-16-4-2-3-5-18(16)32-22(23)24)10-17(13-6-7-13)25-20(19)28(27-12)14-8-9-33(30,31)11-14/h2-5,10,13-14,22H,6-9,11H2,1H3,(H,26,29)/t14-/m0/s1. The second kappa shape index (κ2) is 8.05. The number of anilines is 1. The van der Waals surface area contributed by atoms with Gasteiger partial charge in [-0.3, -0.25) is 4.79 Å². The maximum absolute atomic E-state index is 13.3. The van der Waals surface area contributed by atoms with Crippen molar-refractivity contribution in [2.75, 3.05) is 16.8 Å². The van der Waals surface area contributed by atoms with Crippen LogP contribution in [-0.2, 0) is 9.84 Å². The summed E-state index contributed by atoms with van der Waals surface area (Å²) in [5.41, 5.74) is 2.20. The molecule has 8 nitrogen and oxygen atoms in total. The van der Waals surface area contributed by atoms with Gasteiger partial charge in [-0.1, -0.05) is 12.1 Å². The summed E-state index contributed by atoms with van der Waals surface area (Å²) in [5.74, 6) is -0.340. The van der Waals surface area contributed by atoms with Crippen molar-refractivity contribution in [1.29, 1.82) is 0 Å². The smallest absolute Gasteiger partial charge is 0.387 e. The Morgan fingerprint density at radius 3 is 2.67 bits per heavy atom. The number of aryl methyl sites for hydroxylation is 1. The molecule has 2 fully saturated rings. The van der Waals surface area contributed by atoms with Crippen molar-refractivity contribution in [1.82, 2.24) is 14.8 Å². The number of fused-ring (bicyclic) bond motifs is 1. The molecule has 1 N–H and O–H groups in total. The van der Waals surface area contributed by atoms with Gasteiger partial charge in [0.05, 0.1) is 39.9 Å². The number of hydrogen-bond donors (Lipinski definition) is 1. The van der Waals surface area contributed by atoms with Crippen LogP contribution in [0.5, 0.6) is 5.75 Å². The summed E-state index contributed by atoms with van der Waals surface area (Å²) in [6, 6.07) is 7.35. The monoisotopic (exact) mass is 476 g/mol. The number of amides is 1. The Balaban J connectivity index is 1.58. The van der Waals surface area contributed by atoms with Gasteiger partial charge in [0.1, 0.15) is 5.75 Å². The Kier molecular flexibility index (Phi) is 5.31. The Morgan fingerprint density at radius 2 is 2.00 bits per heavy atom. The Bertz CT molecular complexity index is 1350. The molecular formula is C22H22F2N4O4S. The number of carbonyl (C=O) groups excluding carboxylic acids is 1. The van der Waals surface area contributed by atoms with Gasteiger partial charge in [-0.05, 0) is 44.4 Å². The fourth-order valence-corrected chi connectivity index (χ4v) is 5.97. The molecule has 0 unspecified atom stereocenters. The first-order valence-electron chi connectivity index (χ1n) is 10.7. The molecule has 1 aliphatic carbocycles. The van der Waals surface area contributed by atoms with E-state index in [1.54, 1.807) is 23.7 Å². The van der Waals surface area contributed by atoms with Gasteiger partial charge >= 0.3 is 6.61 Å². The van der Waals surface area contributed by atoms with Gasteiger partial charge in [0.15, 0.2) is 15.5 Å². The van der Waals surface area contributed by atoms with Crippen molar-refractivity contribution in [3.05, 3.63) is 47.3 Å². The summed E-state index contributed by atoms with van der Waals surface area (Å²) in [4.78, 5) is 18.1. The van der Waals surface area contributed by atoms with E-state index in [1.165, 1.54) is 18.2 Å². The predicted octanol–water partition coefficient (Wildman–Crippen LogP) is 3.83. The van der Waals surface area contributed by atoms with Crippen LogP contribution in [0.4, 0.5) is 14.5 Å².